The standard InChI is InChI=1S/C17H20ClFN2O2/c18-15-11-13(1-3-16(15)19)17-4-2-14(23-17)12-20-5-6-21-7-9-22-10-8-21/h1-4,11,20H,5-10,12H2/p+2. The van der Waals surface area contributed by atoms with Crippen LogP contribution in [0.1, 0.15) is 5.76 Å². The van der Waals surface area contributed by atoms with E-state index in [1.165, 1.54) is 6.07 Å². The molecule has 3 rings (SSSR count). The molecule has 1 aliphatic heterocycles. The van der Waals surface area contributed by atoms with Crippen LogP contribution in [0.2, 0.25) is 5.02 Å². The van der Waals surface area contributed by atoms with Crippen LogP contribution in [0, 0.1) is 5.82 Å². The Morgan fingerprint density at radius 1 is 1.17 bits per heavy atom. The van der Waals surface area contributed by atoms with Crippen molar-refractivity contribution >= 4 is 11.6 Å². The largest absolute Gasteiger partial charge is 0.455 e. The normalized spacial score (nSPS) is 15.9. The summed E-state index contributed by atoms with van der Waals surface area (Å²) < 4.78 is 24.4. The monoisotopic (exact) mass is 340 g/mol. The van der Waals surface area contributed by atoms with Gasteiger partial charge in [-0.3, -0.25) is 0 Å². The lowest BCUT2D eigenvalue weighted by Gasteiger charge is -2.22. The first-order valence-corrected chi connectivity index (χ1v) is 8.37. The molecule has 1 aromatic carbocycles. The molecule has 0 spiro atoms. The van der Waals surface area contributed by atoms with Gasteiger partial charge in [-0.2, -0.15) is 0 Å². The zero-order chi connectivity index (χ0) is 16.1. The lowest BCUT2D eigenvalue weighted by atomic mass is 10.2. The number of furan rings is 1. The van der Waals surface area contributed by atoms with E-state index in [1.807, 2.05) is 12.1 Å². The molecule has 0 amide bonds. The van der Waals surface area contributed by atoms with Gasteiger partial charge in [-0.25, -0.2) is 4.39 Å². The van der Waals surface area contributed by atoms with Crippen LogP contribution in [0.5, 0.6) is 0 Å². The topological polar surface area (TPSA) is 43.4 Å². The molecule has 0 unspecified atom stereocenters. The van der Waals surface area contributed by atoms with Gasteiger partial charge in [0.15, 0.2) is 5.76 Å². The summed E-state index contributed by atoms with van der Waals surface area (Å²) in [7, 11) is 0. The zero-order valence-corrected chi connectivity index (χ0v) is 13.7. The number of hydrogen-bond acceptors (Lipinski definition) is 2. The third-order valence-corrected chi connectivity index (χ3v) is 4.40. The molecule has 0 atom stereocenters. The summed E-state index contributed by atoms with van der Waals surface area (Å²) in [6.07, 6.45) is 0. The average molecular weight is 341 g/mol. The summed E-state index contributed by atoms with van der Waals surface area (Å²) in [6, 6.07) is 8.49. The fraction of sp³-hybridized carbons (Fsp3) is 0.412. The molecule has 1 aromatic heterocycles. The predicted molar refractivity (Wildman–Crippen MR) is 86.0 cm³/mol. The molecule has 4 nitrogen and oxygen atoms in total. The molecule has 1 aliphatic rings. The minimum Gasteiger partial charge on any atom is -0.455 e. The van der Waals surface area contributed by atoms with Crippen molar-refractivity contribution in [2.45, 2.75) is 6.54 Å². The van der Waals surface area contributed by atoms with Gasteiger partial charge < -0.3 is 19.4 Å². The SMILES string of the molecule is Fc1ccc(-c2ccc(C[NH2+]CC[NH+]3CCOCC3)o2)cc1Cl. The highest BCUT2D eigenvalue weighted by molar-refractivity contribution is 6.31. The van der Waals surface area contributed by atoms with Crippen LogP contribution in [-0.2, 0) is 11.3 Å². The first-order valence-electron chi connectivity index (χ1n) is 7.99. The van der Waals surface area contributed by atoms with E-state index in [2.05, 4.69) is 5.32 Å². The van der Waals surface area contributed by atoms with Gasteiger partial charge in [-0.05, 0) is 30.3 Å². The number of halogens is 2. The number of rotatable bonds is 6. The molecule has 0 bridgehead atoms. The second kappa shape index (κ2) is 7.93. The Bertz CT molecular complexity index is 641. The molecule has 0 aliphatic carbocycles. The Balaban J connectivity index is 1.48. The summed E-state index contributed by atoms with van der Waals surface area (Å²) in [6.45, 7) is 6.96. The second-order valence-electron chi connectivity index (χ2n) is 5.79. The van der Waals surface area contributed by atoms with E-state index >= 15 is 0 Å². The van der Waals surface area contributed by atoms with Crippen LogP contribution < -0.4 is 10.2 Å². The summed E-state index contributed by atoms with van der Waals surface area (Å²) in [5, 5.41) is 2.36. The number of nitrogens with two attached hydrogens (primary N) is 1. The van der Waals surface area contributed by atoms with E-state index < -0.39 is 5.82 Å². The van der Waals surface area contributed by atoms with Gasteiger partial charge in [0.1, 0.15) is 44.3 Å². The summed E-state index contributed by atoms with van der Waals surface area (Å²) in [5.41, 5.74) is 0.792. The van der Waals surface area contributed by atoms with Crippen molar-refractivity contribution in [2.24, 2.45) is 0 Å². The van der Waals surface area contributed by atoms with E-state index in [-0.39, 0.29) is 5.02 Å². The molecule has 23 heavy (non-hydrogen) atoms. The van der Waals surface area contributed by atoms with Crippen LogP contribution in [0.3, 0.4) is 0 Å². The van der Waals surface area contributed by atoms with Gasteiger partial charge in [0.2, 0.25) is 0 Å². The Labute approximate surface area is 140 Å². The number of ether oxygens (including phenoxy) is 1. The van der Waals surface area contributed by atoms with Crippen LogP contribution in [0.15, 0.2) is 34.7 Å². The summed E-state index contributed by atoms with van der Waals surface area (Å²) in [4.78, 5) is 1.61. The Kier molecular flexibility index (Phi) is 5.67. The highest BCUT2D eigenvalue weighted by Gasteiger charge is 2.14. The molecule has 2 heterocycles. The smallest absolute Gasteiger partial charge is 0.158 e. The van der Waals surface area contributed by atoms with Gasteiger partial charge in [-0.15, -0.1) is 0 Å². The van der Waals surface area contributed by atoms with Crippen molar-refractivity contribution < 1.29 is 23.8 Å². The third-order valence-electron chi connectivity index (χ3n) is 4.11. The first kappa shape index (κ1) is 16.5. The Hall–Kier alpha value is -1.40. The predicted octanol–water partition coefficient (Wildman–Crippen LogP) is 0.718. The minimum atomic E-state index is -0.416. The lowest BCUT2D eigenvalue weighted by molar-refractivity contribution is -0.920. The molecule has 2 aromatic rings. The Morgan fingerprint density at radius 2 is 2.00 bits per heavy atom. The highest BCUT2D eigenvalue weighted by Crippen LogP contribution is 2.26. The molecule has 124 valence electrons. The third kappa shape index (κ3) is 4.54. The molecule has 1 saturated heterocycles. The maximum Gasteiger partial charge on any atom is 0.158 e. The summed E-state index contributed by atoms with van der Waals surface area (Å²) in [5.74, 6) is 1.22. The van der Waals surface area contributed by atoms with Gasteiger partial charge in [0.25, 0.3) is 0 Å². The van der Waals surface area contributed by atoms with Crippen molar-refractivity contribution in [3.63, 3.8) is 0 Å². The fourth-order valence-corrected chi connectivity index (χ4v) is 2.93. The highest BCUT2D eigenvalue weighted by atomic mass is 35.5. The van der Waals surface area contributed by atoms with Crippen molar-refractivity contribution in [2.75, 3.05) is 39.4 Å². The average Bonchev–Trinajstić information content (AvgIpc) is 3.04. The van der Waals surface area contributed by atoms with E-state index in [0.29, 0.717) is 5.76 Å². The van der Waals surface area contributed by atoms with Crippen LogP contribution in [0.25, 0.3) is 11.3 Å². The van der Waals surface area contributed by atoms with E-state index in [1.54, 1.807) is 17.0 Å². The van der Waals surface area contributed by atoms with Crippen molar-refractivity contribution in [3.05, 3.63) is 46.9 Å². The molecular formula is C17H22ClFN2O2+2. The van der Waals surface area contributed by atoms with Crippen LogP contribution in [-0.4, -0.2) is 39.4 Å². The van der Waals surface area contributed by atoms with Crippen molar-refractivity contribution in [1.29, 1.82) is 0 Å². The minimum absolute atomic E-state index is 0.112. The van der Waals surface area contributed by atoms with E-state index in [0.717, 1.165) is 57.3 Å². The fourth-order valence-electron chi connectivity index (χ4n) is 2.75. The van der Waals surface area contributed by atoms with Gasteiger partial charge in [0.05, 0.1) is 18.2 Å². The van der Waals surface area contributed by atoms with E-state index in [9.17, 15) is 4.39 Å². The lowest BCUT2D eigenvalue weighted by Crippen LogP contribution is -3.16. The molecular weight excluding hydrogens is 319 g/mol. The van der Waals surface area contributed by atoms with Crippen molar-refractivity contribution in [1.82, 2.24) is 0 Å². The number of morpholine rings is 1. The molecule has 3 N–H and O–H groups in total. The van der Waals surface area contributed by atoms with Crippen LogP contribution in [0.4, 0.5) is 4.39 Å². The van der Waals surface area contributed by atoms with Crippen LogP contribution >= 0.6 is 11.6 Å². The van der Waals surface area contributed by atoms with Gasteiger partial charge in [0, 0.05) is 5.56 Å². The summed E-state index contributed by atoms with van der Waals surface area (Å²) >= 11 is 5.81. The maximum absolute atomic E-state index is 13.2. The van der Waals surface area contributed by atoms with Crippen molar-refractivity contribution in [3.8, 4) is 11.3 Å². The number of nitrogens with one attached hydrogen (secondary N) is 1. The maximum atomic E-state index is 13.2. The number of quaternary nitrogens is 2. The molecule has 0 saturated carbocycles. The number of benzene rings is 1. The second-order valence-corrected chi connectivity index (χ2v) is 6.20. The van der Waals surface area contributed by atoms with Gasteiger partial charge in [-0.1, -0.05) is 11.6 Å². The zero-order valence-electron chi connectivity index (χ0n) is 13.0. The van der Waals surface area contributed by atoms with E-state index in [4.69, 9.17) is 20.8 Å². The Morgan fingerprint density at radius 3 is 2.78 bits per heavy atom. The molecule has 6 heteroatoms. The quantitative estimate of drug-likeness (QED) is 0.761. The number of hydrogen-bond donors (Lipinski definition) is 2. The molecule has 0 radical (unpaired) electrons. The molecule has 1 fully saturated rings. The first-order chi connectivity index (χ1) is 11.2. The van der Waals surface area contributed by atoms with Gasteiger partial charge >= 0.3 is 0 Å².